The number of carbonyl (C=O) groups is 1. The third-order valence-corrected chi connectivity index (χ3v) is 5.93. The molecule has 0 radical (unpaired) electrons. The van der Waals surface area contributed by atoms with Crippen LogP contribution in [-0.2, 0) is 0 Å². The van der Waals surface area contributed by atoms with Crippen molar-refractivity contribution < 1.29 is 14.6 Å². The molecule has 2 N–H and O–H groups in total. The second-order valence-electron chi connectivity index (χ2n) is 8.12. The topological polar surface area (TPSA) is 78.5 Å². The average Bonchev–Trinajstić information content (AvgIpc) is 3.37. The lowest BCUT2D eigenvalue weighted by atomic mass is 9.95. The van der Waals surface area contributed by atoms with Crippen LogP contribution in [0.2, 0.25) is 0 Å². The van der Waals surface area contributed by atoms with Crippen LogP contribution in [0.1, 0.15) is 47.4 Å². The molecule has 3 aromatic carbocycles. The molecular formula is C27H25N3O3. The highest BCUT2D eigenvalue weighted by Gasteiger charge is 2.42. The molecule has 1 amide bonds. The summed E-state index contributed by atoms with van der Waals surface area (Å²) in [4.78, 5) is 15.2. The molecule has 2 heterocycles. The number of phenols is 1. The van der Waals surface area contributed by atoms with Crippen LogP contribution in [0.15, 0.2) is 78.9 Å². The van der Waals surface area contributed by atoms with Gasteiger partial charge >= 0.3 is 0 Å². The van der Waals surface area contributed by atoms with Gasteiger partial charge in [0.1, 0.15) is 28.6 Å². The summed E-state index contributed by atoms with van der Waals surface area (Å²) in [7, 11) is 0. The van der Waals surface area contributed by atoms with Crippen molar-refractivity contribution in [2.45, 2.75) is 25.8 Å². The van der Waals surface area contributed by atoms with Gasteiger partial charge in [0.05, 0.1) is 6.04 Å². The predicted octanol–water partition coefficient (Wildman–Crippen LogP) is 5.92. The molecule has 0 saturated heterocycles. The minimum absolute atomic E-state index is 0.0769. The molecule has 0 spiro atoms. The maximum atomic E-state index is 13.4. The van der Waals surface area contributed by atoms with Gasteiger partial charge in [0.2, 0.25) is 0 Å². The number of para-hydroxylation sites is 2. The lowest BCUT2D eigenvalue weighted by Gasteiger charge is -2.26. The maximum Gasteiger partial charge on any atom is 0.273 e. The zero-order valence-corrected chi connectivity index (χ0v) is 18.4. The van der Waals surface area contributed by atoms with Gasteiger partial charge in [-0.1, -0.05) is 55.8 Å². The van der Waals surface area contributed by atoms with E-state index in [1.807, 2.05) is 71.6 Å². The summed E-state index contributed by atoms with van der Waals surface area (Å²) in [5, 5.41) is 17.9. The number of aromatic amines is 1. The number of aromatic nitrogens is 2. The summed E-state index contributed by atoms with van der Waals surface area (Å²) < 4.78 is 6.06. The number of ether oxygens (including phenoxy) is 1. The van der Waals surface area contributed by atoms with Crippen molar-refractivity contribution in [3.63, 3.8) is 0 Å². The summed E-state index contributed by atoms with van der Waals surface area (Å²) in [5.74, 6) is 1.50. The highest BCUT2D eigenvalue weighted by Crippen LogP contribution is 2.45. The molecule has 166 valence electrons. The Bertz CT molecular complexity index is 1280. The van der Waals surface area contributed by atoms with Crippen molar-refractivity contribution in [1.82, 2.24) is 15.1 Å². The monoisotopic (exact) mass is 439 g/mol. The number of amides is 1. The van der Waals surface area contributed by atoms with E-state index in [2.05, 4.69) is 17.1 Å². The molecule has 6 nitrogen and oxygen atoms in total. The average molecular weight is 440 g/mol. The number of H-pyrrole nitrogens is 1. The Morgan fingerprint density at radius 3 is 2.55 bits per heavy atom. The standard InChI is InChI=1S/C27H25N3O3/c1-2-3-16-30-26(18-10-9-13-20(17-18)33-19-11-5-4-6-12-19)23-24(28-29-25(23)27(30)32)21-14-7-8-15-22(21)31/h4-15,17,26,31H,2-3,16H2,1H3,(H,28,29)/t26-/m0/s1. The first kappa shape index (κ1) is 20.8. The number of rotatable bonds is 7. The lowest BCUT2D eigenvalue weighted by molar-refractivity contribution is 0.0741. The molecule has 0 aliphatic carbocycles. The summed E-state index contributed by atoms with van der Waals surface area (Å²) in [5.41, 5.74) is 3.39. The van der Waals surface area contributed by atoms with E-state index in [0.29, 0.717) is 29.2 Å². The summed E-state index contributed by atoms with van der Waals surface area (Å²) >= 11 is 0. The number of nitrogens with one attached hydrogen (secondary N) is 1. The number of aromatic hydroxyl groups is 1. The van der Waals surface area contributed by atoms with Crippen molar-refractivity contribution in [3.05, 3.63) is 95.7 Å². The van der Waals surface area contributed by atoms with Crippen molar-refractivity contribution in [3.8, 4) is 28.5 Å². The van der Waals surface area contributed by atoms with Crippen LogP contribution in [0.5, 0.6) is 17.2 Å². The van der Waals surface area contributed by atoms with Crippen molar-refractivity contribution >= 4 is 5.91 Å². The first-order chi connectivity index (χ1) is 16.2. The number of unbranched alkanes of at least 4 members (excludes halogenated alkanes) is 1. The molecule has 0 fully saturated rings. The van der Waals surface area contributed by atoms with Gasteiger partial charge in [-0.15, -0.1) is 0 Å². The molecule has 33 heavy (non-hydrogen) atoms. The van der Waals surface area contributed by atoms with Crippen LogP contribution in [-0.4, -0.2) is 32.7 Å². The molecule has 1 aliphatic rings. The largest absolute Gasteiger partial charge is 0.507 e. The molecule has 6 heteroatoms. The Balaban J connectivity index is 1.60. The van der Waals surface area contributed by atoms with E-state index in [4.69, 9.17) is 4.74 Å². The van der Waals surface area contributed by atoms with Crippen LogP contribution in [0.4, 0.5) is 0 Å². The van der Waals surface area contributed by atoms with Gasteiger partial charge < -0.3 is 14.7 Å². The summed E-state index contributed by atoms with van der Waals surface area (Å²) in [6.45, 7) is 2.74. The van der Waals surface area contributed by atoms with Gasteiger partial charge in [0.15, 0.2) is 0 Å². The molecule has 0 saturated carbocycles. The number of fused-ring (bicyclic) bond motifs is 1. The molecular weight excluding hydrogens is 414 g/mol. The zero-order chi connectivity index (χ0) is 22.8. The number of phenolic OH excluding ortho intramolecular Hbond substituents is 1. The van der Waals surface area contributed by atoms with Gasteiger partial charge in [-0.05, 0) is 48.4 Å². The van der Waals surface area contributed by atoms with E-state index in [9.17, 15) is 9.90 Å². The van der Waals surface area contributed by atoms with Crippen LogP contribution in [0, 0.1) is 0 Å². The Hall–Kier alpha value is -4.06. The lowest BCUT2D eigenvalue weighted by Crippen LogP contribution is -2.30. The first-order valence-corrected chi connectivity index (χ1v) is 11.2. The smallest absolute Gasteiger partial charge is 0.273 e. The van der Waals surface area contributed by atoms with Crippen LogP contribution in [0.25, 0.3) is 11.3 Å². The maximum absolute atomic E-state index is 13.4. The minimum Gasteiger partial charge on any atom is -0.507 e. The molecule has 4 aromatic rings. The Kier molecular flexibility index (Phi) is 5.57. The van der Waals surface area contributed by atoms with E-state index >= 15 is 0 Å². The fraction of sp³-hybridized carbons (Fsp3) is 0.185. The van der Waals surface area contributed by atoms with Crippen molar-refractivity contribution in [1.29, 1.82) is 0 Å². The number of benzene rings is 3. The molecule has 0 unspecified atom stereocenters. The van der Waals surface area contributed by atoms with Gasteiger partial charge in [0, 0.05) is 17.7 Å². The van der Waals surface area contributed by atoms with Crippen LogP contribution in [0.3, 0.4) is 0 Å². The molecule has 1 aromatic heterocycles. The summed E-state index contributed by atoms with van der Waals surface area (Å²) in [6, 6.07) is 24.2. The number of hydrogen-bond donors (Lipinski definition) is 2. The van der Waals surface area contributed by atoms with E-state index in [1.165, 1.54) is 0 Å². The Labute approximate surface area is 192 Å². The third kappa shape index (κ3) is 3.84. The van der Waals surface area contributed by atoms with Crippen LogP contribution < -0.4 is 4.74 Å². The second-order valence-corrected chi connectivity index (χ2v) is 8.12. The normalized spacial score (nSPS) is 15.0. The highest BCUT2D eigenvalue weighted by molar-refractivity contribution is 6.00. The number of hydrogen-bond acceptors (Lipinski definition) is 4. The SMILES string of the molecule is CCCCN1C(=O)c2[nH]nc(-c3ccccc3O)c2[C@@H]1c1cccc(Oc2ccccc2)c1. The fourth-order valence-corrected chi connectivity index (χ4v) is 4.35. The Morgan fingerprint density at radius 1 is 1.00 bits per heavy atom. The van der Waals surface area contributed by atoms with Gasteiger partial charge in [0.25, 0.3) is 5.91 Å². The molecule has 0 bridgehead atoms. The second kappa shape index (κ2) is 8.82. The first-order valence-electron chi connectivity index (χ1n) is 11.2. The van der Waals surface area contributed by atoms with E-state index in [1.54, 1.807) is 12.1 Å². The number of nitrogens with zero attached hydrogens (tertiary/aromatic N) is 2. The van der Waals surface area contributed by atoms with Gasteiger partial charge in [-0.3, -0.25) is 9.89 Å². The van der Waals surface area contributed by atoms with Crippen molar-refractivity contribution in [2.24, 2.45) is 0 Å². The fourth-order valence-electron chi connectivity index (χ4n) is 4.35. The molecule has 5 rings (SSSR count). The van der Waals surface area contributed by atoms with E-state index in [0.717, 1.165) is 29.7 Å². The number of carbonyl (C=O) groups excluding carboxylic acids is 1. The van der Waals surface area contributed by atoms with Gasteiger partial charge in [-0.2, -0.15) is 5.10 Å². The summed E-state index contributed by atoms with van der Waals surface area (Å²) in [6.07, 6.45) is 1.87. The third-order valence-electron chi connectivity index (χ3n) is 5.93. The zero-order valence-electron chi connectivity index (χ0n) is 18.4. The van der Waals surface area contributed by atoms with E-state index in [-0.39, 0.29) is 17.7 Å². The van der Waals surface area contributed by atoms with Crippen molar-refractivity contribution in [2.75, 3.05) is 6.54 Å². The predicted molar refractivity (Wildman–Crippen MR) is 126 cm³/mol. The van der Waals surface area contributed by atoms with Gasteiger partial charge in [-0.25, -0.2) is 0 Å². The highest BCUT2D eigenvalue weighted by atomic mass is 16.5. The molecule has 1 atom stereocenters. The van der Waals surface area contributed by atoms with E-state index < -0.39 is 0 Å². The quantitative estimate of drug-likeness (QED) is 0.375. The van der Waals surface area contributed by atoms with Crippen LogP contribution >= 0.6 is 0 Å². The molecule has 1 aliphatic heterocycles. The Morgan fingerprint density at radius 2 is 1.76 bits per heavy atom. The minimum atomic E-state index is -0.327.